The first-order chi connectivity index (χ1) is 15.3. The lowest BCUT2D eigenvalue weighted by atomic mass is 10.0. The maximum atomic E-state index is 5.64. The first-order valence-electron chi connectivity index (χ1n) is 10.4. The molecule has 5 aromatic rings. The third-order valence-electron chi connectivity index (χ3n) is 5.34. The minimum atomic E-state index is -0.194. The molecule has 160 valence electrons. The Morgan fingerprint density at radius 2 is 1.59 bits per heavy atom. The molecular formula is C24H24N8. The van der Waals surface area contributed by atoms with E-state index >= 15 is 0 Å². The Morgan fingerprint density at radius 1 is 0.875 bits per heavy atom. The van der Waals surface area contributed by atoms with Crippen LogP contribution in [0.2, 0.25) is 0 Å². The van der Waals surface area contributed by atoms with Crippen LogP contribution in [0.3, 0.4) is 0 Å². The van der Waals surface area contributed by atoms with Crippen LogP contribution in [0, 0.1) is 0 Å². The van der Waals surface area contributed by atoms with E-state index < -0.39 is 0 Å². The highest BCUT2D eigenvalue weighted by Crippen LogP contribution is 2.36. The Bertz CT molecular complexity index is 1420. The van der Waals surface area contributed by atoms with Gasteiger partial charge in [0.05, 0.1) is 11.0 Å². The molecule has 0 bridgehead atoms. The van der Waals surface area contributed by atoms with Crippen LogP contribution < -0.4 is 5.73 Å². The number of hydrogen-bond donors (Lipinski definition) is 1. The molecule has 2 aromatic carbocycles. The highest BCUT2D eigenvalue weighted by Gasteiger charge is 2.25. The van der Waals surface area contributed by atoms with Crippen LogP contribution in [0.15, 0.2) is 61.2 Å². The molecule has 8 heteroatoms. The van der Waals surface area contributed by atoms with Crippen LogP contribution in [0.1, 0.15) is 20.8 Å². The first kappa shape index (κ1) is 19.9. The van der Waals surface area contributed by atoms with Crippen LogP contribution in [0.4, 0.5) is 5.95 Å². The number of nitrogens with zero attached hydrogens (tertiary/aromatic N) is 7. The van der Waals surface area contributed by atoms with Crippen molar-refractivity contribution in [1.29, 1.82) is 0 Å². The second-order valence-corrected chi connectivity index (χ2v) is 8.76. The minimum absolute atomic E-state index is 0.194. The average Bonchev–Trinajstić information content (AvgIpc) is 3.37. The summed E-state index contributed by atoms with van der Waals surface area (Å²) < 4.78 is 3.98. The second kappa shape index (κ2) is 7.26. The maximum Gasteiger partial charge on any atom is 0.219 e. The minimum Gasteiger partial charge on any atom is -0.368 e. The molecule has 0 saturated heterocycles. The van der Waals surface area contributed by atoms with Gasteiger partial charge < -0.3 is 10.3 Å². The first-order valence-corrected chi connectivity index (χ1v) is 10.4. The summed E-state index contributed by atoms with van der Waals surface area (Å²) in [7, 11) is 1.87. The lowest BCUT2D eigenvalue weighted by Crippen LogP contribution is -2.22. The fraction of sp³-hybridized carbons (Fsp3) is 0.208. The number of aryl methyl sites for hydroxylation is 1. The summed E-state index contributed by atoms with van der Waals surface area (Å²) in [5, 5.41) is 4.52. The van der Waals surface area contributed by atoms with E-state index in [0.717, 1.165) is 39.1 Å². The number of anilines is 1. The van der Waals surface area contributed by atoms with Crippen LogP contribution >= 0.6 is 0 Å². The molecule has 0 radical (unpaired) electrons. The van der Waals surface area contributed by atoms with E-state index in [0.29, 0.717) is 5.82 Å². The normalized spacial score (nSPS) is 11.9. The standard InChI is InChI=1S/C24H24N8/c1-24(2,3)32-20-10-9-15(16-12-26-23(25)27-13-16)11-19(20)29-22(32)18-8-6-5-7-17(18)21-28-14-31(4)30-21/h5-14H,1-4H3,(H2,25,26,27). The summed E-state index contributed by atoms with van der Waals surface area (Å²) in [6, 6.07) is 14.4. The summed E-state index contributed by atoms with van der Waals surface area (Å²) in [6.45, 7) is 6.54. The fourth-order valence-electron chi connectivity index (χ4n) is 3.94. The molecule has 0 atom stereocenters. The van der Waals surface area contributed by atoms with Crippen molar-refractivity contribution in [2.75, 3.05) is 5.73 Å². The molecule has 32 heavy (non-hydrogen) atoms. The van der Waals surface area contributed by atoms with Gasteiger partial charge in [-0.15, -0.1) is 0 Å². The molecule has 0 aliphatic heterocycles. The van der Waals surface area contributed by atoms with Gasteiger partial charge in [-0.2, -0.15) is 5.10 Å². The van der Waals surface area contributed by atoms with Gasteiger partial charge in [0.25, 0.3) is 0 Å². The van der Waals surface area contributed by atoms with Crippen molar-refractivity contribution in [2.24, 2.45) is 7.05 Å². The van der Waals surface area contributed by atoms with Gasteiger partial charge in [0.1, 0.15) is 12.2 Å². The number of fused-ring (bicyclic) bond motifs is 1. The van der Waals surface area contributed by atoms with Gasteiger partial charge in [-0.25, -0.2) is 19.9 Å². The van der Waals surface area contributed by atoms with Crippen molar-refractivity contribution in [1.82, 2.24) is 34.3 Å². The van der Waals surface area contributed by atoms with Gasteiger partial charge >= 0.3 is 0 Å². The summed E-state index contributed by atoms with van der Waals surface area (Å²) in [6.07, 6.45) is 5.17. The van der Waals surface area contributed by atoms with Crippen LogP contribution in [0.25, 0.3) is 44.9 Å². The Morgan fingerprint density at radius 3 is 2.25 bits per heavy atom. The number of nitrogen functional groups attached to an aromatic ring is 1. The average molecular weight is 425 g/mol. The Hall–Kier alpha value is -4.07. The Labute approximate surface area is 185 Å². The van der Waals surface area contributed by atoms with Gasteiger partial charge in [-0.05, 0) is 38.5 Å². The van der Waals surface area contributed by atoms with Gasteiger partial charge in [-0.1, -0.05) is 30.3 Å². The summed E-state index contributed by atoms with van der Waals surface area (Å²) >= 11 is 0. The van der Waals surface area contributed by atoms with Crippen LogP contribution in [0.5, 0.6) is 0 Å². The predicted octanol–water partition coefficient (Wildman–Crippen LogP) is 4.29. The molecule has 0 fully saturated rings. The van der Waals surface area contributed by atoms with Crippen molar-refractivity contribution in [3.63, 3.8) is 0 Å². The van der Waals surface area contributed by atoms with E-state index in [1.807, 2.05) is 25.2 Å². The third kappa shape index (κ3) is 3.39. The summed E-state index contributed by atoms with van der Waals surface area (Å²) in [5.74, 6) is 1.81. The van der Waals surface area contributed by atoms with Crippen molar-refractivity contribution < 1.29 is 0 Å². The molecule has 8 nitrogen and oxygen atoms in total. The van der Waals surface area contributed by atoms with E-state index in [1.165, 1.54) is 0 Å². The zero-order valence-electron chi connectivity index (χ0n) is 18.5. The van der Waals surface area contributed by atoms with Gasteiger partial charge in [0, 0.05) is 41.7 Å². The monoisotopic (exact) mass is 424 g/mol. The number of hydrogen-bond acceptors (Lipinski definition) is 6. The smallest absolute Gasteiger partial charge is 0.219 e. The van der Waals surface area contributed by atoms with E-state index in [9.17, 15) is 0 Å². The van der Waals surface area contributed by atoms with E-state index in [-0.39, 0.29) is 11.5 Å². The molecule has 0 aliphatic rings. The molecule has 0 amide bonds. The predicted molar refractivity (Wildman–Crippen MR) is 126 cm³/mol. The number of nitrogens with two attached hydrogens (primary N) is 1. The molecule has 3 aromatic heterocycles. The summed E-state index contributed by atoms with van der Waals surface area (Å²) in [5.41, 5.74) is 11.2. The van der Waals surface area contributed by atoms with Gasteiger partial charge in [0.15, 0.2) is 5.82 Å². The molecular weight excluding hydrogens is 400 g/mol. The summed E-state index contributed by atoms with van der Waals surface area (Å²) in [4.78, 5) is 17.8. The molecule has 2 N–H and O–H groups in total. The van der Waals surface area contributed by atoms with E-state index in [4.69, 9.17) is 10.7 Å². The SMILES string of the molecule is Cn1cnc(-c2ccccc2-c2nc3cc(-c4cnc(N)nc4)ccc3n2C(C)(C)C)n1. The van der Waals surface area contributed by atoms with Gasteiger partial charge in [-0.3, -0.25) is 4.68 Å². The van der Waals surface area contributed by atoms with Crippen molar-refractivity contribution in [2.45, 2.75) is 26.3 Å². The fourth-order valence-corrected chi connectivity index (χ4v) is 3.94. The molecule has 3 heterocycles. The number of benzene rings is 2. The molecule has 5 rings (SSSR count). The molecule has 0 unspecified atom stereocenters. The molecule has 0 spiro atoms. The molecule has 0 saturated carbocycles. The van der Waals surface area contributed by atoms with Crippen LogP contribution in [-0.4, -0.2) is 34.3 Å². The van der Waals surface area contributed by atoms with Gasteiger partial charge in [0.2, 0.25) is 5.95 Å². The highest BCUT2D eigenvalue weighted by atomic mass is 15.3. The zero-order valence-corrected chi connectivity index (χ0v) is 18.5. The van der Waals surface area contributed by atoms with Crippen molar-refractivity contribution >= 4 is 17.0 Å². The highest BCUT2D eigenvalue weighted by molar-refractivity contribution is 5.88. The number of rotatable bonds is 3. The lowest BCUT2D eigenvalue weighted by molar-refractivity contribution is 0.413. The van der Waals surface area contributed by atoms with E-state index in [2.05, 4.69) is 69.7 Å². The number of imidazole rings is 1. The third-order valence-corrected chi connectivity index (χ3v) is 5.34. The maximum absolute atomic E-state index is 5.64. The topological polar surface area (TPSA) is 100 Å². The Kier molecular flexibility index (Phi) is 4.51. The Balaban J connectivity index is 1.74. The largest absolute Gasteiger partial charge is 0.368 e. The zero-order chi connectivity index (χ0) is 22.5. The second-order valence-electron chi connectivity index (χ2n) is 8.76. The van der Waals surface area contributed by atoms with Crippen molar-refractivity contribution in [3.05, 3.63) is 61.2 Å². The molecule has 0 aliphatic carbocycles. The lowest BCUT2D eigenvalue weighted by Gasteiger charge is -2.25. The quantitative estimate of drug-likeness (QED) is 0.464. The van der Waals surface area contributed by atoms with Crippen LogP contribution in [-0.2, 0) is 12.6 Å². The van der Waals surface area contributed by atoms with Crippen molar-refractivity contribution in [3.8, 4) is 33.9 Å². The number of aromatic nitrogens is 7. The van der Waals surface area contributed by atoms with E-state index in [1.54, 1.807) is 23.4 Å².